The van der Waals surface area contributed by atoms with Gasteiger partial charge in [0.1, 0.15) is 5.84 Å². The van der Waals surface area contributed by atoms with E-state index in [2.05, 4.69) is 6.07 Å². The Labute approximate surface area is 132 Å². The molecule has 3 aromatic carbocycles. The summed E-state index contributed by atoms with van der Waals surface area (Å²) < 4.78 is 0. The molecule has 104 valence electrons. The zero-order valence-corrected chi connectivity index (χ0v) is 12.7. The molecule has 4 heteroatoms. The van der Waals surface area contributed by atoms with Gasteiger partial charge in [-0.05, 0) is 47.2 Å². The van der Waals surface area contributed by atoms with E-state index >= 15 is 0 Å². The molecule has 0 saturated heterocycles. The molecule has 0 aliphatic heterocycles. The zero-order chi connectivity index (χ0) is 14.8. The second-order valence-corrected chi connectivity index (χ2v) is 6.18. The first-order valence-electron chi connectivity index (χ1n) is 6.45. The van der Waals surface area contributed by atoms with Crippen molar-refractivity contribution < 1.29 is 0 Å². The smallest absolute Gasteiger partial charge is 0.123 e. The largest absolute Gasteiger partial charge is 0.384 e. The van der Waals surface area contributed by atoms with Crippen LogP contribution in [0.1, 0.15) is 5.56 Å². The lowest BCUT2D eigenvalue weighted by atomic mass is 10.0. The maximum atomic E-state index is 7.69. The first kappa shape index (κ1) is 14.0. The van der Waals surface area contributed by atoms with Gasteiger partial charge >= 0.3 is 0 Å². The van der Waals surface area contributed by atoms with Gasteiger partial charge < -0.3 is 5.73 Å². The third-order valence-corrected chi connectivity index (χ3v) is 4.55. The number of nitrogens with one attached hydrogen (secondary N) is 1. The Morgan fingerprint density at radius 2 is 1.57 bits per heavy atom. The highest BCUT2D eigenvalue weighted by atomic mass is 35.5. The van der Waals surface area contributed by atoms with Crippen molar-refractivity contribution in [3.8, 4) is 0 Å². The molecule has 0 amide bonds. The van der Waals surface area contributed by atoms with Crippen molar-refractivity contribution in [1.82, 2.24) is 0 Å². The number of amidine groups is 1. The average molecular weight is 313 g/mol. The summed E-state index contributed by atoms with van der Waals surface area (Å²) >= 11 is 7.59. The highest BCUT2D eigenvalue weighted by molar-refractivity contribution is 7.99. The summed E-state index contributed by atoms with van der Waals surface area (Å²) in [5, 5.41) is 10.5. The number of fused-ring (bicyclic) bond motifs is 1. The molecular formula is C17H13ClN2S. The van der Waals surface area contributed by atoms with E-state index in [1.54, 1.807) is 11.8 Å². The van der Waals surface area contributed by atoms with Gasteiger partial charge in [0.05, 0.1) is 0 Å². The maximum Gasteiger partial charge on any atom is 0.123 e. The minimum Gasteiger partial charge on any atom is -0.384 e. The number of hydrogen-bond donors (Lipinski definition) is 2. The van der Waals surface area contributed by atoms with Crippen LogP contribution < -0.4 is 5.73 Å². The van der Waals surface area contributed by atoms with Gasteiger partial charge in [-0.3, -0.25) is 5.41 Å². The van der Waals surface area contributed by atoms with Gasteiger partial charge in [0.15, 0.2) is 0 Å². The van der Waals surface area contributed by atoms with E-state index in [-0.39, 0.29) is 5.84 Å². The molecule has 2 nitrogen and oxygen atoms in total. The van der Waals surface area contributed by atoms with Crippen LogP contribution in [0.15, 0.2) is 70.5 Å². The van der Waals surface area contributed by atoms with E-state index in [1.807, 2.05) is 54.6 Å². The molecule has 0 atom stereocenters. The predicted molar refractivity (Wildman–Crippen MR) is 90.5 cm³/mol. The summed E-state index contributed by atoms with van der Waals surface area (Å²) in [7, 11) is 0. The molecule has 0 aromatic heterocycles. The Hall–Kier alpha value is -1.97. The molecule has 3 rings (SSSR count). The molecule has 0 heterocycles. The van der Waals surface area contributed by atoms with Gasteiger partial charge in [-0.1, -0.05) is 47.6 Å². The van der Waals surface area contributed by atoms with Crippen LogP contribution in [0.3, 0.4) is 0 Å². The van der Waals surface area contributed by atoms with E-state index in [1.165, 1.54) is 0 Å². The molecule has 0 spiro atoms. The van der Waals surface area contributed by atoms with Crippen molar-refractivity contribution in [2.24, 2.45) is 5.73 Å². The van der Waals surface area contributed by atoms with Gasteiger partial charge in [0, 0.05) is 20.4 Å². The number of nitrogen functional groups attached to an aromatic ring is 1. The first-order valence-corrected chi connectivity index (χ1v) is 7.64. The Kier molecular flexibility index (Phi) is 3.86. The lowest BCUT2D eigenvalue weighted by Gasteiger charge is -2.10. The average Bonchev–Trinajstić information content (AvgIpc) is 2.49. The quantitative estimate of drug-likeness (QED) is 0.532. The fourth-order valence-electron chi connectivity index (χ4n) is 2.22. The molecule has 3 aromatic rings. The Balaban J connectivity index is 2.09. The summed E-state index contributed by atoms with van der Waals surface area (Å²) in [5.74, 6) is 0.0919. The number of halogens is 1. The predicted octanol–water partition coefficient (Wildman–Crippen LogP) is 4.93. The molecule has 0 bridgehead atoms. The Bertz CT molecular complexity index is 813. The lowest BCUT2D eigenvalue weighted by molar-refractivity contribution is 1.41. The van der Waals surface area contributed by atoms with E-state index in [0.29, 0.717) is 0 Å². The highest BCUT2D eigenvalue weighted by Crippen LogP contribution is 2.35. The summed E-state index contributed by atoms with van der Waals surface area (Å²) in [6.45, 7) is 0. The van der Waals surface area contributed by atoms with Gasteiger partial charge in [-0.2, -0.15) is 0 Å². The van der Waals surface area contributed by atoms with Crippen LogP contribution in [-0.4, -0.2) is 5.84 Å². The Morgan fingerprint density at radius 1 is 0.905 bits per heavy atom. The second-order valence-electron chi connectivity index (χ2n) is 4.63. The number of rotatable bonds is 3. The second kappa shape index (κ2) is 5.80. The normalized spacial score (nSPS) is 10.7. The van der Waals surface area contributed by atoms with Crippen LogP contribution >= 0.6 is 23.4 Å². The van der Waals surface area contributed by atoms with Gasteiger partial charge in [0.2, 0.25) is 0 Å². The van der Waals surface area contributed by atoms with Gasteiger partial charge in [-0.25, -0.2) is 0 Å². The SMILES string of the molecule is N=C(N)c1ccc(Sc2ccc(Cl)cc2)c2ccccc12. The van der Waals surface area contributed by atoms with Crippen molar-refractivity contribution in [3.05, 3.63) is 71.2 Å². The van der Waals surface area contributed by atoms with Crippen LogP contribution in [0.2, 0.25) is 5.02 Å². The zero-order valence-electron chi connectivity index (χ0n) is 11.1. The van der Waals surface area contributed by atoms with Crippen molar-refractivity contribution in [1.29, 1.82) is 5.41 Å². The van der Waals surface area contributed by atoms with E-state index in [0.717, 1.165) is 31.1 Å². The molecule has 0 aliphatic rings. The topological polar surface area (TPSA) is 49.9 Å². The molecule has 0 unspecified atom stereocenters. The molecule has 0 fully saturated rings. The van der Waals surface area contributed by atoms with Crippen LogP contribution in [0.5, 0.6) is 0 Å². The summed E-state index contributed by atoms with van der Waals surface area (Å²) in [6, 6.07) is 19.7. The number of benzene rings is 3. The molecule has 0 aliphatic carbocycles. The maximum absolute atomic E-state index is 7.69. The van der Waals surface area contributed by atoms with E-state index in [9.17, 15) is 0 Å². The monoisotopic (exact) mass is 312 g/mol. The standard InChI is InChI=1S/C17H13ClN2S/c18-11-5-7-12(8-6-11)21-16-10-9-15(17(19)20)13-3-1-2-4-14(13)16/h1-10H,(H3,19,20). The van der Waals surface area contributed by atoms with Crippen molar-refractivity contribution in [3.63, 3.8) is 0 Å². The van der Waals surface area contributed by atoms with Crippen LogP contribution in [0.25, 0.3) is 10.8 Å². The first-order chi connectivity index (χ1) is 10.1. The van der Waals surface area contributed by atoms with E-state index in [4.69, 9.17) is 22.7 Å². The summed E-state index contributed by atoms with van der Waals surface area (Å²) in [6.07, 6.45) is 0. The van der Waals surface area contributed by atoms with Crippen molar-refractivity contribution >= 4 is 40.0 Å². The summed E-state index contributed by atoms with van der Waals surface area (Å²) in [4.78, 5) is 2.26. The minimum atomic E-state index is 0.0919. The number of nitrogens with two attached hydrogens (primary N) is 1. The van der Waals surface area contributed by atoms with Gasteiger partial charge in [0.25, 0.3) is 0 Å². The number of hydrogen-bond acceptors (Lipinski definition) is 2. The minimum absolute atomic E-state index is 0.0919. The fourth-order valence-corrected chi connectivity index (χ4v) is 3.30. The highest BCUT2D eigenvalue weighted by Gasteiger charge is 2.08. The van der Waals surface area contributed by atoms with Crippen LogP contribution in [0.4, 0.5) is 0 Å². The van der Waals surface area contributed by atoms with Crippen LogP contribution in [-0.2, 0) is 0 Å². The Morgan fingerprint density at radius 3 is 2.24 bits per heavy atom. The fraction of sp³-hybridized carbons (Fsp3) is 0. The van der Waals surface area contributed by atoms with E-state index < -0.39 is 0 Å². The molecule has 0 radical (unpaired) electrons. The van der Waals surface area contributed by atoms with Gasteiger partial charge in [-0.15, -0.1) is 0 Å². The van der Waals surface area contributed by atoms with Crippen LogP contribution in [0, 0.1) is 5.41 Å². The summed E-state index contributed by atoms with van der Waals surface area (Å²) in [5.41, 5.74) is 6.43. The van der Waals surface area contributed by atoms with Crippen molar-refractivity contribution in [2.75, 3.05) is 0 Å². The molecule has 21 heavy (non-hydrogen) atoms. The molecule has 0 saturated carbocycles. The lowest BCUT2D eigenvalue weighted by Crippen LogP contribution is -2.11. The third-order valence-electron chi connectivity index (χ3n) is 3.22. The third kappa shape index (κ3) is 2.89. The molecule has 3 N–H and O–H groups in total. The van der Waals surface area contributed by atoms with Crippen molar-refractivity contribution in [2.45, 2.75) is 9.79 Å². The molecular weight excluding hydrogens is 300 g/mol.